The lowest BCUT2D eigenvalue weighted by Crippen LogP contribution is -2.32. The van der Waals surface area contributed by atoms with Crippen molar-refractivity contribution in [1.82, 2.24) is 10.2 Å². The van der Waals surface area contributed by atoms with E-state index in [1.807, 2.05) is 17.0 Å². The highest BCUT2D eigenvalue weighted by Crippen LogP contribution is 2.14. The summed E-state index contributed by atoms with van der Waals surface area (Å²) in [5, 5.41) is 3.41. The van der Waals surface area contributed by atoms with Gasteiger partial charge in [-0.25, -0.2) is 0 Å². The van der Waals surface area contributed by atoms with Gasteiger partial charge >= 0.3 is 0 Å². The molecule has 0 aliphatic carbocycles. The van der Waals surface area contributed by atoms with E-state index in [1.54, 1.807) is 0 Å². The maximum atomic E-state index is 11.6. The second-order valence-corrected chi connectivity index (χ2v) is 7.45. The first-order valence-electron chi connectivity index (χ1n) is 10.6. The maximum Gasteiger partial charge on any atom is 0.222 e. The van der Waals surface area contributed by atoms with E-state index < -0.39 is 0 Å². The zero-order valence-corrected chi connectivity index (χ0v) is 16.7. The van der Waals surface area contributed by atoms with Crippen molar-refractivity contribution in [1.29, 1.82) is 0 Å². The molecular weight excluding hydrogens is 348 g/mol. The van der Waals surface area contributed by atoms with E-state index in [9.17, 15) is 4.79 Å². The van der Waals surface area contributed by atoms with Gasteiger partial charge in [0.25, 0.3) is 0 Å². The number of carbonyl (C=O) groups excluding carboxylic acids is 1. The third-order valence-corrected chi connectivity index (χ3v) is 5.20. The molecule has 1 fully saturated rings. The van der Waals surface area contributed by atoms with Gasteiger partial charge in [0.05, 0.1) is 6.61 Å². The summed E-state index contributed by atoms with van der Waals surface area (Å²) < 4.78 is 5.85. The molecule has 1 aliphatic heterocycles. The monoisotopic (exact) mass is 380 g/mol. The summed E-state index contributed by atoms with van der Waals surface area (Å²) in [6, 6.07) is 19.0. The average Bonchev–Trinajstić information content (AvgIpc) is 3.14. The van der Waals surface area contributed by atoms with Gasteiger partial charge in [-0.1, -0.05) is 42.5 Å². The number of likely N-dealkylation sites (tertiary alicyclic amines) is 1. The lowest BCUT2D eigenvalue weighted by atomic mass is 10.1. The van der Waals surface area contributed by atoms with Crippen molar-refractivity contribution in [2.75, 3.05) is 26.2 Å². The summed E-state index contributed by atoms with van der Waals surface area (Å²) in [7, 11) is 0. The van der Waals surface area contributed by atoms with Crippen LogP contribution in [-0.4, -0.2) is 37.0 Å². The van der Waals surface area contributed by atoms with Crippen LogP contribution in [0.2, 0.25) is 0 Å². The summed E-state index contributed by atoms with van der Waals surface area (Å²) in [5.41, 5.74) is 2.66. The molecule has 150 valence electrons. The second-order valence-electron chi connectivity index (χ2n) is 7.45. The second kappa shape index (κ2) is 11.5. The van der Waals surface area contributed by atoms with Crippen LogP contribution in [-0.2, 0) is 17.8 Å². The standard InChI is InChI=1S/C24H32N2O2/c27-24-11-7-17-26(24)18-16-25-20-22-12-14-23(15-13-22)28-19-6-2-5-10-21-8-3-1-4-9-21/h1,3-4,8-9,12-15,25H,2,5-7,10-11,16-20H2. The molecule has 1 aliphatic rings. The van der Waals surface area contributed by atoms with Crippen LogP contribution in [0.25, 0.3) is 0 Å². The Kier molecular flexibility index (Phi) is 8.38. The number of hydrogen-bond donors (Lipinski definition) is 1. The summed E-state index contributed by atoms with van der Waals surface area (Å²) in [6.07, 6.45) is 6.36. The molecule has 0 saturated carbocycles. The molecule has 4 heteroatoms. The average molecular weight is 381 g/mol. The van der Waals surface area contributed by atoms with E-state index in [1.165, 1.54) is 24.0 Å². The number of nitrogens with zero attached hydrogens (tertiary/aromatic N) is 1. The molecule has 1 amide bonds. The number of ether oxygens (including phenoxy) is 1. The van der Waals surface area contributed by atoms with Crippen molar-refractivity contribution in [3.63, 3.8) is 0 Å². The minimum Gasteiger partial charge on any atom is -0.494 e. The van der Waals surface area contributed by atoms with Gasteiger partial charge in [-0.3, -0.25) is 4.79 Å². The van der Waals surface area contributed by atoms with Crippen molar-refractivity contribution >= 4 is 5.91 Å². The first-order valence-corrected chi connectivity index (χ1v) is 10.6. The topological polar surface area (TPSA) is 41.6 Å². The summed E-state index contributed by atoms with van der Waals surface area (Å²) in [6.45, 7) is 4.16. The van der Waals surface area contributed by atoms with Crippen molar-refractivity contribution in [3.8, 4) is 5.75 Å². The van der Waals surface area contributed by atoms with Gasteiger partial charge in [-0.15, -0.1) is 0 Å². The Morgan fingerprint density at radius 3 is 2.50 bits per heavy atom. The van der Waals surface area contributed by atoms with Crippen LogP contribution in [0.3, 0.4) is 0 Å². The Morgan fingerprint density at radius 1 is 0.929 bits per heavy atom. The first-order chi connectivity index (χ1) is 13.8. The molecule has 0 spiro atoms. The lowest BCUT2D eigenvalue weighted by Gasteiger charge is -2.15. The minimum absolute atomic E-state index is 0.295. The van der Waals surface area contributed by atoms with Gasteiger partial charge in [0.15, 0.2) is 0 Å². The van der Waals surface area contributed by atoms with Crippen molar-refractivity contribution in [2.24, 2.45) is 0 Å². The first kappa shape index (κ1) is 20.4. The number of rotatable bonds is 12. The number of aryl methyl sites for hydroxylation is 1. The number of carbonyl (C=O) groups is 1. The Bertz CT molecular complexity index is 700. The van der Waals surface area contributed by atoms with Gasteiger partial charge in [-0.2, -0.15) is 0 Å². The fourth-order valence-corrected chi connectivity index (χ4v) is 3.53. The molecule has 4 nitrogen and oxygen atoms in total. The molecule has 0 aromatic heterocycles. The molecular formula is C24H32N2O2. The fraction of sp³-hybridized carbons (Fsp3) is 0.458. The summed E-state index contributed by atoms with van der Waals surface area (Å²) in [5.74, 6) is 1.23. The molecule has 3 rings (SSSR count). The smallest absolute Gasteiger partial charge is 0.222 e. The molecule has 2 aromatic carbocycles. The van der Waals surface area contributed by atoms with Gasteiger partial charge in [-0.05, 0) is 55.4 Å². The Hall–Kier alpha value is -2.33. The highest BCUT2D eigenvalue weighted by atomic mass is 16.5. The Labute approximate surface area is 168 Å². The molecule has 1 heterocycles. The van der Waals surface area contributed by atoms with E-state index in [2.05, 4.69) is 47.8 Å². The highest BCUT2D eigenvalue weighted by Gasteiger charge is 2.18. The summed E-state index contributed by atoms with van der Waals surface area (Å²) >= 11 is 0. The SMILES string of the molecule is O=C1CCCN1CCNCc1ccc(OCCCCCc2ccccc2)cc1. The van der Waals surface area contributed by atoms with Crippen LogP contribution in [0.15, 0.2) is 54.6 Å². The largest absolute Gasteiger partial charge is 0.494 e. The normalized spacial score (nSPS) is 13.9. The van der Waals surface area contributed by atoms with Crippen molar-refractivity contribution in [2.45, 2.75) is 45.1 Å². The van der Waals surface area contributed by atoms with Crippen molar-refractivity contribution < 1.29 is 9.53 Å². The van der Waals surface area contributed by atoms with Gasteiger partial charge in [0, 0.05) is 32.6 Å². The van der Waals surface area contributed by atoms with E-state index in [-0.39, 0.29) is 0 Å². The predicted molar refractivity (Wildman–Crippen MR) is 113 cm³/mol. The highest BCUT2D eigenvalue weighted by molar-refractivity contribution is 5.78. The number of unbranched alkanes of at least 4 members (excludes halogenated alkanes) is 2. The summed E-state index contributed by atoms with van der Waals surface area (Å²) in [4.78, 5) is 13.5. The third kappa shape index (κ3) is 7.01. The Balaban J connectivity index is 1.23. The molecule has 1 N–H and O–H groups in total. The molecule has 0 unspecified atom stereocenters. The van der Waals surface area contributed by atoms with Crippen molar-refractivity contribution in [3.05, 3.63) is 65.7 Å². The van der Waals surface area contributed by atoms with Gasteiger partial charge < -0.3 is 15.0 Å². The van der Waals surface area contributed by atoms with Crippen LogP contribution in [0.5, 0.6) is 5.75 Å². The number of nitrogens with one attached hydrogen (secondary N) is 1. The molecule has 0 bridgehead atoms. The Morgan fingerprint density at radius 2 is 1.75 bits per heavy atom. The molecule has 0 radical (unpaired) electrons. The van der Waals surface area contributed by atoms with Crippen LogP contribution in [0, 0.1) is 0 Å². The zero-order valence-electron chi connectivity index (χ0n) is 16.7. The van der Waals surface area contributed by atoms with E-state index in [0.717, 1.165) is 57.8 Å². The molecule has 2 aromatic rings. The number of benzene rings is 2. The van der Waals surface area contributed by atoms with Crippen LogP contribution >= 0.6 is 0 Å². The minimum atomic E-state index is 0.295. The van der Waals surface area contributed by atoms with Crippen LogP contribution in [0.4, 0.5) is 0 Å². The third-order valence-electron chi connectivity index (χ3n) is 5.20. The van der Waals surface area contributed by atoms with Crippen LogP contribution < -0.4 is 10.1 Å². The fourth-order valence-electron chi connectivity index (χ4n) is 3.53. The number of hydrogen-bond acceptors (Lipinski definition) is 3. The zero-order chi connectivity index (χ0) is 19.4. The molecule has 1 saturated heterocycles. The number of amides is 1. The molecule has 28 heavy (non-hydrogen) atoms. The van der Waals surface area contributed by atoms with E-state index in [0.29, 0.717) is 12.3 Å². The van der Waals surface area contributed by atoms with Gasteiger partial charge in [0.2, 0.25) is 5.91 Å². The van der Waals surface area contributed by atoms with Gasteiger partial charge in [0.1, 0.15) is 5.75 Å². The van der Waals surface area contributed by atoms with E-state index in [4.69, 9.17) is 4.74 Å². The van der Waals surface area contributed by atoms with Crippen LogP contribution in [0.1, 0.15) is 43.2 Å². The maximum absolute atomic E-state index is 11.6. The molecule has 0 atom stereocenters. The quantitative estimate of drug-likeness (QED) is 0.562. The predicted octanol–water partition coefficient (Wildman–Crippen LogP) is 4.19. The lowest BCUT2D eigenvalue weighted by molar-refractivity contribution is -0.127. The van der Waals surface area contributed by atoms with E-state index >= 15 is 0 Å².